The van der Waals surface area contributed by atoms with E-state index in [0.29, 0.717) is 19.3 Å². The molecule has 0 aromatic heterocycles. The highest BCUT2D eigenvalue weighted by Gasteiger charge is 2.36. The Hall–Kier alpha value is -1.10. The van der Waals surface area contributed by atoms with Crippen molar-refractivity contribution in [3.05, 3.63) is 0 Å². The number of carbonyl (C=O) groups excluding carboxylic acids is 2. The average Bonchev–Trinajstić information content (AvgIpc) is 2.26. The lowest BCUT2D eigenvalue weighted by Crippen LogP contribution is -2.35. The van der Waals surface area contributed by atoms with Gasteiger partial charge in [0.1, 0.15) is 0 Å². The van der Waals surface area contributed by atoms with E-state index in [1.165, 1.54) is 14.2 Å². The van der Waals surface area contributed by atoms with Crippen molar-refractivity contribution in [3.8, 4) is 0 Å². The quantitative estimate of drug-likeness (QED) is 0.663. The minimum atomic E-state index is -0.632. The molecule has 0 unspecified atom stereocenters. The lowest BCUT2D eigenvalue weighted by Gasteiger charge is -2.29. The Morgan fingerprint density at radius 1 is 1.00 bits per heavy atom. The summed E-state index contributed by atoms with van der Waals surface area (Å²) in [5.74, 6) is -1.55. The van der Waals surface area contributed by atoms with E-state index >= 15 is 0 Å². The maximum absolute atomic E-state index is 11.3. The van der Waals surface area contributed by atoms with Gasteiger partial charge < -0.3 is 14.6 Å². The lowest BCUT2D eigenvalue weighted by atomic mass is 9.80. The van der Waals surface area contributed by atoms with E-state index in [4.69, 9.17) is 0 Å². The third-order valence-electron chi connectivity index (χ3n) is 2.75. The fraction of sp³-hybridized carbons (Fsp3) is 0.800. The summed E-state index contributed by atoms with van der Waals surface area (Å²) in [5.41, 5.74) is 0. The largest absolute Gasteiger partial charge is 0.469 e. The first kappa shape index (κ1) is 12.0. The predicted octanol–water partition coefficient (Wildman–Crippen LogP) is 0.110. The SMILES string of the molecule is COC(=O)[C@@H]1CC(O)C[C@@H](C(=O)OC)C1. The molecule has 0 bridgehead atoms. The number of aliphatic hydroxyl groups excluding tert-OH is 1. The molecule has 5 heteroatoms. The standard InChI is InChI=1S/C10H16O5/c1-14-9(12)6-3-7(10(13)15-2)5-8(11)4-6/h6-8,11H,3-5H2,1-2H3/t6-,7-/m0/s1. The second-order valence-corrected chi connectivity index (χ2v) is 3.80. The molecule has 0 aromatic rings. The molecule has 86 valence electrons. The highest BCUT2D eigenvalue weighted by Crippen LogP contribution is 2.30. The Morgan fingerprint density at radius 3 is 1.73 bits per heavy atom. The first-order chi connectivity index (χ1) is 7.08. The topological polar surface area (TPSA) is 72.8 Å². The molecule has 1 rings (SSSR count). The van der Waals surface area contributed by atoms with Gasteiger partial charge in [0.2, 0.25) is 0 Å². The van der Waals surface area contributed by atoms with E-state index < -0.39 is 17.9 Å². The van der Waals surface area contributed by atoms with Crippen LogP contribution in [0.25, 0.3) is 0 Å². The van der Waals surface area contributed by atoms with Crippen molar-refractivity contribution in [1.82, 2.24) is 0 Å². The summed E-state index contributed by atoms with van der Waals surface area (Å²) >= 11 is 0. The summed E-state index contributed by atoms with van der Waals surface area (Å²) in [6.07, 6.45) is 0.489. The van der Waals surface area contributed by atoms with Crippen molar-refractivity contribution in [2.75, 3.05) is 14.2 Å². The molecule has 1 N–H and O–H groups in total. The molecule has 0 radical (unpaired) electrons. The molecule has 0 saturated heterocycles. The summed E-state index contributed by atoms with van der Waals surface area (Å²) < 4.78 is 9.20. The van der Waals surface area contributed by atoms with Crippen LogP contribution in [0.15, 0.2) is 0 Å². The molecule has 1 aliphatic rings. The molecule has 1 aliphatic carbocycles. The molecule has 1 fully saturated rings. The molecule has 0 amide bonds. The Kier molecular flexibility index (Phi) is 4.08. The summed E-state index contributed by atoms with van der Waals surface area (Å²) in [6.45, 7) is 0. The van der Waals surface area contributed by atoms with Crippen LogP contribution < -0.4 is 0 Å². The van der Waals surface area contributed by atoms with E-state index in [-0.39, 0.29) is 11.9 Å². The van der Waals surface area contributed by atoms with Crippen molar-refractivity contribution < 1.29 is 24.2 Å². The Morgan fingerprint density at radius 2 is 1.40 bits per heavy atom. The van der Waals surface area contributed by atoms with Gasteiger partial charge in [-0.2, -0.15) is 0 Å². The van der Waals surface area contributed by atoms with Gasteiger partial charge in [0, 0.05) is 0 Å². The molecule has 0 heterocycles. The Bertz CT molecular complexity index is 226. The molecule has 5 nitrogen and oxygen atoms in total. The molecule has 0 spiro atoms. The number of hydrogen-bond donors (Lipinski definition) is 1. The van der Waals surface area contributed by atoms with E-state index in [0.717, 1.165) is 0 Å². The van der Waals surface area contributed by atoms with E-state index in [1.807, 2.05) is 0 Å². The molecule has 0 aliphatic heterocycles. The summed E-state index contributed by atoms with van der Waals surface area (Å²) in [7, 11) is 2.60. The molecule has 2 atom stereocenters. The fourth-order valence-corrected chi connectivity index (χ4v) is 2.01. The van der Waals surface area contributed by atoms with Crippen molar-refractivity contribution in [2.24, 2.45) is 11.8 Å². The van der Waals surface area contributed by atoms with Crippen LogP contribution in [0.4, 0.5) is 0 Å². The number of hydrogen-bond acceptors (Lipinski definition) is 5. The third kappa shape index (κ3) is 2.92. The van der Waals surface area contributed by atoms with Crippen LogP contribution in [0.2, 0.25) is 0 Å². The van der Waals surface area contributed by atoms with Gasteiger partial charge in [-0.15, -0.1) is 0 Å². The predicted molar refractivity (Wildman–Crippen MR) is 50.9 cm³/mol. The molecular weight excluding hydrogens is 200 g/mol. The minimum absolute atomic E-state index is 0.361. The molecule has 15 heavy (non-hydrogen) atoms. The monoisotopic (exact) mass is 216 g/mol. The summed E-state index contributed by atoms with van der Waals surface area (Å²) in [6, 6.07) is 0. The van der Waals surface area contributed by atoms with Crippen molar-refractivity contribution in [3.63, 3.8) is 0 Å². The average molecular weight is 216 g/mol. The number of carbonyl (C=O) groups is 2. The number of aliphatic hydroxyl groups is 1. The number of esters is 2. The summed E-state index contributed by atoms with van der Waals surface area (Å²) in [5, 5.41) is 9.52. The lowest BCUT2D eigenvalue weighted by molar-refractivity contribution is -0.154. The highest BCUT2D eigenvalue weighted by atomic mass is 16.5. The van der Waals surface area contributed by atoms with E-state index in [1.54, 1.807) is 0 Å². The van der Waals surface area contributed by atoms with Gasteiger partial charge in [-0.05, 0) is 19.3 Å². The van der Waals surface area contributed by atoms with Gasteiger partial charge in [0.25, 0.3) is 0 Å². The maximum Gasteiger partial charge on any atom is 0.308 e. The van der Waals surface area contributed by atoms with Gasteiger partial charge in [-0.1, -0.05) is 0 Å². The minimum Gasteiger partial charge on any atom is -0.469 e. The van der Waals surface area contributed by atoms with E-state index in [2.05, 4.69) is 9.47 Å². The first-order valence-corrected chi connectivity index (χ1v) is 4.92. The first-order valence-electron chi connectivity index (χ1n) is 4.92. The van der Waals surface area contributed by atoms with Crippen LogP contribution in [0.5, 0.6) is 0 Å². The maximum atomic E-state index is 11.3. The van der Waals surface area contributed by atoms with Gasteiger partial charge in [-0.25, -0.2) is 0 Å². The van der Waals surface area contributed by atoms with Crippen molar-refractivity contribution in [1.29, 1.82) is 0 Å². The van der Waals surface area contributed by atoms with Gasteiger partial charge in [0.05, 0.1) is 32.2 Å². The summed E-state index contributed by atoms with van der Waals surface area (Å²) in [4.78, 5) is 22.6. The fourth-order valence-electron chi connectivity index (χ4n) is 2.01. The van der Waals surface area contributed by atoms with Crippen LogP contribution in [-0.2, 0) is 19.1 Å². The van der Waals surface area contributed by atoms with Crippen molar-refractivity contribution >= 4 is 11.9 Å². The zero-order valence-corrected chi connectivity index (χ0v) is 8.93. The van der Waals surface area contributed by atoms with Crippen LogP contribution in [0.1, 0.15) is 19.3 Å². The highest BCUT2D eigenvalue weighted by molar-refractivity contribution is 5.76. The Labute approximate surface area is 88.4 Å². The number of rotatable bonds is 2. The number of ether oxygens (including phenoxy) is 2. The van der Waals surface area contributed by atoms with Crippen LogP contribution in [-0.4, -0.2) is 37.4 Å². The van der Waals surface area contributed by atoms with Gasteiger partial charge in [0.15, 0.2) is 0 Å². The van der Waals surface area contributed by atoms with E-state index in [9.17, 15) is 14.7 Å². The molecule has 1 saturated carbocycles. The van der Waals surface area contributed by atoms with Crippen LogP contribution >= 0.6 is 0 Å². The zero-order valence-electron chi connectivity index (χ0n) is 8.93. The van der Waals surface area contributed by atoms with Gasteiger partial charge in [-0.3, -0.25) is 9.59 Å². The smallest absolute Gasteiger partial charge is 0.308 e. The Balaban J connectivity index is 2.63. The molecular formula is C10H16O5. The molecule has 0 aromatic carbocycles. The second-order valence-electron chi connectivity index (χ2n) is 3.80. The van der Waals surface area contributed by atoms with Crippen LogP contribution in [0, 0.1) is 11.8 Å². The van der Waals surface area contributed by atoms with Crippen LogP contribution in [0.3, 0.4) is 0 Å². The van der Waals surface area contributed by atoms with Crippen molar-refractivity contribution in [2.45, 2.75) is 25.4 Å². The number of methoxy groups -OCH3 is 2. The third-order valence-corrected chi connectivity index (χ3v) is 2.75. The second kappa shape index (κ2) is 5.11. The normalized spacial score (nSPS) is 30.7. The van der Waals surface area contributed by atoms with Gasteiger partial charge >= 0.3 is 11.9 Å². The zero-order chi connectivity index (χ0) is 11.4.